The molecule has 172 valence electrons. The quantitative estimate of drug-likeness (QED) is 0.364. The largest absolute Gasteiger partial charge is 0.481 e. The molecular weight excluding hydrogens is 390 g/mol. The fourth-order valence-corrected chi connectivity index (χ4v) is 4.70. The molecule has 0 spiro atoms. The number of hydrogen-bond donors (Lipinski definition) is 2. The number of ether oxygens (including phenoxy) is 3. The van der Waals surface area contributed by atoms with Crippen LogP contribution in [0.4, 0.5) is 0 Å². The van der Waals surface area contributed by atoms with Gasteiger partial charge in [-0.3, -0.25) is 14.4 Å². The molecule has 0 aliphatic heterocycles. The minimum Gasteiger partial charge on any atom is -0.481 e. The van der Waals surface area contributed by atoms with Crippen molar-refractivity contribution < 1.29 is 33.7 Å². The molecule has 2 aliphatic rings. The number of aliphatic carboxylic acids is 1. The molecule has 0 heterocycles. The normalized spacial score (nSPS) is 24.2. The standard InChI is InChI=1S/C22H37NO7/c1-3-30-20(26)16-6-8-18(9-7-16)23-21(27)22(10-4-5-11-22)14-17(19(24)25)15-29-13-12-28-2/h16-18H,3-15H2,1-2H3,(H,23,27)(H,24,25). The lowest BCUT2D eigenvalue weighted by molar-refractivity contribution is -0.149. The molecule has 1 unspecified atom stereocenters. The summed E-state index contributed by atoms with van der Waals surface area (Å²) in [4.78, 5) is 36.9. The van der Waals surface area contributed by atoms with Crippen LogP contribution in [0, 0.1) is 17.3 Å². The van der Waals surface area contributed by atoms with E-state index in [1.54, 1.807) is 14.0 Å². The van der Waals surface area contributed by atoms with Crippen molar-refractivity contribution >= 4 is 17.8 Å². The first kappa shape index (κ1) is 24.6. The molecule has 2 fully saturated rings. The number of rotatable bonds is 12. The number of esters is 1. The van der Waals surface area contributed by atoms with Crippen molar-refractivity contribution in [2.45, 2.75) is 70.8 Å². The number of carboxylic acid groups (broad SMARTS) is 1. The minimum absolute atomic E-state index is 0.0295. The van der Waals surface area contributed by atoms with Crippen LogP contribution in [0.3, 0.4) is 0 Å². The Morgan fingerprint density at radius 1 is 1.10 bits per heavy atom. The summed E-state index contributed by atoms with van der Waals surface area (Å²) in [5.74, 6) is -1.92. The second kappa shape index (κ2) is 12.2. The van der Waals surface area contributed by atoms with Gasteiger partial charge in [-0.15, -0.1) is 0 Å². The second-order valence-corrected chi connectivity index (χ2v) is 8.57. The summed E-state index contributed by atoms with van der Waals surface area (Å²) in [6, 6.07) is 0.0295. The van der Waals surface area contributed by atoms with Gasteiger partial charge in [0.05, 0.1) is 43.7 Å². The van der Waals surface area contributed by atoms with E-state index >= 15 is 0 Å². The summed E-state index contributed by atoms with van der Waals surface area (Å²) in [6.07, 6.45) is 6.47. The number of carbonyl (C=O) groups excluding carboxylic acids is 2. The molecule has 30 heavy (non-hydrogen) atoms. The Bertz CT molecular complexity index is 566. The van der Waals surface area contributed by atoms with Crippen molar-refractivity contribution in [2.24, 2.45) is 17.3 Å². The smallest absolute Gasteiger partial charge is 0.308 e. The van der Waals surface area contributed by atoms with Crippen LogP contribution in [0.15, 0.2) is 0 Å². The molecule has 1 amide bonds. The van der Waals surface area contributed by atoms with Crippen molar-refractivity contribution in [3.8, 4) is 0 Å². The van der Waals surface area contributed by atoms with Gasteiger partial charge in [0.15, 0.2) is 0 Å². The lowest BCUT2D eigenvalue weighted by Crippen LogP contribution is -2.47. The number of carboxylic acids is 1. The maximum atomic E-state index is 13.2. The van der Waals surface area contributed by atoms with Crippen molar-refractivity contribution in [1.82, 2.24) is 5.32 Å². The Morgan fingerprint density at radius 3 is 2.33 bits per heavy atom. The van der Waals surface area contributed by atoms with E-state index in [9.17, 15) is 19.5 Å². The van der Waals surface area contributed by atoms with Crippen LogP contribution in [-0.2, 0) is 28.6 Å². The van der Waals surface area contributed by atoms with Crippen molar-refractivity contribution in [3.05, 3.63) is 0 Å². The van der Waals surface area contributed by atoms with Crippen LogP contribution in [0.25, 0.3) is 0 Å². The van der Waals surface area contributed by atoms with Crippen LogP contribution >= 0.6 is 0 Å². The van der Waals surface area contributed by atoms with Gasteiger partial charge in [0.1, 0.15) is 0 Å². The Hall–Kier alpha value is -1.67. The van der Waals surface area contributed by atoms with E-state index in [1.165, 1.54) is 0 Å². The van der Waals surface area contributed by atoms with Crippen LogP contribution in [0.1, 0.15) is 64.7 Å². The van der Waals surface area contributed by atoms with Gasteiger partial charge in [-0.05, 0) is 51.9 Å². The monoisotopic (exact) mass is 427 g/mol. The third-order valence-electron chi connectivity index (χ3n) is 6.46. The van der Waals surface area contributed by atoms with E-state index in [0.717, 1.165) is 25.7 Å². The van der Waals surface area contributed by atoms with E-state index in [2.05, 4.69) is 5.32 Å². The fraction of sp³-hybridized carbons (Fsp3) is 0.864. The van der Waals surface area contributed by atoms with Gasteiger partial charge < -0.3 is 24.6 Å². The number of carbonyl (C=O) groups is 3. The Morgan fingerprint density at radius 2 is 1.77 bits per heavy atom. The topological polar surface area (TPSA) is 111 Å². The zero-order chi connectivity index (χ0) is 22.0. The molecule has 0 bridgehead atoms. The van der Waals surface area contributed by atoms with E-state index in [1.807, 2.05) is 0 Å². The molecule has 1 atom stereocenters. The molecule has 8 nitrogen and oxygen atoms in total. The predicted octanol–water partition coefficient (Wildman–Crippen LogP) is 2.54. The van der Waals surface area contributed by atoms with Crippen molar-refractivity contribution in [2.75, 3.05) is 33.5 Å². The second-order valence-electron chi connectivity index (χ2n) is 8.57. The van der Waals surface area contributed by atoms with Crippen LogP contribution in [-0.4, -0.2) is 62.5 Å². The Kier molecular flexibility index (Phi) is 10.0. The maximum absolute atomic E-state index is 13.2. The molecule has 0 aromatic carbocycles. The minimum atomic E-state index is -0.929. The number of amides is 1. The maximum Gasteiger partial charge on any atom is 0.308 e. The van der Waals surface area contributed by atoms with Gasteiger partial charge in [-0.2, -0.15) is 0 Å². The molecule has 0 aromatic heterocycles. The number of hydrogen-bond acceptors (Lipinski definition) is 6. The third kappa shape index (κ3) is 6.94. The zero-order valence-corrected chi connectivity index (χ0v) is 18.3. The molecule has 0 saturated heterocycles. The highest BCUT2D eigenvalue weighted by Crippen LogP contribution is 2.44. The molecule has 0 radical (unpaired) electrons. The first-order chi connectivity index (χ1) is 14.4. The van der Waals surface area contributed by atoms with E-state index in [0.29, 0.717) is 51.9 Å². The van der Waals surface area contributed by atoms with Crippen LogP contribution in [0.2, 0.25) is 0 Å². The van der Waals surface area contributed by atoms with Gasteiger partial charge in [-0.1, -0.05) is 12.8 Å². The van der Waals surface area contributed by atoms with Gasteiger partial charge >= 0.3 is 11.9 Å². The van der Waals surface area contributed by atoms with Gasteiger partial charge in [0, 0.05) is 13.2 Å². The number of methoxy groups -OCH3 is 1. The lowest BCUT2D eigenvalue weighted by Gasteiger charge is -2.34. The molecule has 2 saturated carbocycles. The van der Waals surface area contributed by atoms with Gasteiger partial charge in [0.25, 0.3) is 0 Å². The average Bonchev–Trinajstić information content (AvgIpc) is 3.21. The SMILES string of the molecule is CCOC(=O)C1CCC(NC(=O)C2(CC(COCCOC)C(=O)O)CCCC2)CC1. The zero-order valence-electron chi connectivity index (χ0n) is 18.3. The fourth-order valence-electron chi connectivity index (χ4n) is 4.70. The van der Waals surface area contributed by atoms with E-state index < -0.39 is 17.3 Å². The molecule has 2 N–H and O–H groups in total. The summed E-state index contributed by atoms with van der Waals surface area (Å²) >= 11 is 0. The van der Waals surface area contributed by atoms with E-state index in [4.69, 9.17) is 14.2 Å². The Balaban J connectivity index is 1.91. The summed E-state index contributed by atoms with van der Waals surface area (Å²) < 4.78 is 15.5. The number of nitrogens with one attached hydrogen (secondary N) is 1. The first-order valence-corrected chi connectivity index (χ1v) is 11.2. The highest BCUT2D eigenvalue weighted by Gasteiger charge is 2.45. The highest BCUT2D eigenvalue weighted by atomic mass is 16.5. The van der Waals surface area contributed by atoms with Crippen molar-refractivity contribution in [3.63, 3.8) is 0 Å². The highest BCUT2D eigenvalue weighted by molar-refractivity contribution is 5.84. The molecule has 2 rings (SSSR count). The lowest BCUT2D eigenvalue weighted by atomic mass is 9.76. The summed E-state index contributed by atoms with van der Waals surface area (Å²) in [5, 5.41) is 12.8. The van der Waals surface area contributed by atoms with Crippen LogP contribution < -0.4 is 5.32 Å². The van der Waals surface area contributed by atoms with Crippen molar-refractivity contribution in [1.29, 1.82) is 0 Å². The molecule has 2 aliphatic carbocycles. The summed E-state index contributed by atoms with van der Waals surface area (Å²) in [6.45, 7) is 3.02. The molecular formula is C22H37NO7. The van der Waals surface area contributed by atoms with E-state index in [-0.39, 0.29) is 30.4 Å². The molecule has 0 aromatic rings. The third-order valence-corrected chi connectivity index (χ3v) is 6.46. The Labute approximate surface area is 179 Å². The van der Waals surface area contributed by atoms with Crippen LogP contribution in [0.5, 0.6) is 0 Å². The first-order valence-electron chi connectivity index (χ1n) is 11.2. The molecule has 8 heteroatoms. The van der Waals surface area contributed by atoms with Gasteiger partial charge in [0.2, 0.25) is 5.91 Å². The predicted molar refractivity (Wildman–Crippen MR) is 110 cm³/mol. The average molecular weight is 428 g/mol. The summed E-state index contributed by atoms with van der Waals surface area (Å²) in [5.41, 5.74) is -0.647. The van der Waals surface area contributed by atoms with Gasteiger partial charge in [-0.25, -0.2) is 0 Å². The summed E-state index contributed by atoms with van der Waals surface area (Å²) in [7, 11) is 1.57.